The molecule has 4 heteroatoms. The molecule has 1 aromatic rings. The van der Waals surface area contributed by atoms with Gasteiger partial charge in [-0.05, 0) is 31.0 Å². The Morgan fingerprint density at radius 3 is 2.57 bits per heavy atom. The van der Waals surface area contributed by atoms with Gasteiger partial charge in [0.2, 0.25) is 5.75 Å². The molecule has 0 unspecified atom stereocenters. The maximum absolute atomic E-state index is 9.35. The van der Waals surface area contributed by atoms with E-state index in [0.717, 1.165) is 5.56 Å². The van der Waals surface area contributed by atoms with Gasteiger partial charge < -0.3 is 20.7 Å². The highest BCUT2D eigenvalue weighted by molar-refractivity contribution is 5.52. The molecule has 1 rings (SSSR count). The fourth-order valence-corrected chi connectivity index (χ4v) is 1.29. The molecule has 0 bridgehead atoms. The summed E-state index contributed by atoms with van der Waals surface area (Å²) in [5.41, 5.74) is 6.46. The average Bonchev–Trinajstić information content (AvgIpc) is 2.10. The molecule has 0 aliphatic carbocycles. The normalized spacial score (nSPS) is 12.5. The summed E-state index contributed by atoms with van der Waals surface area (Å²) in [5.74, 6) is -0.151. The van der Waals surface area contributed by atoms with Gasteiger partial charge in [0.1, 0.15) is 0 Å². The number of aromatic hydroxyl groups is 2. The van der Waals surface area contributed by atoms with Crippen molar-refractivity contribution in [3.05, 3.63) is 17.7 Å². The number of hydrogen-bond donors (Lipinski definition) is 3. The summed E-state index contributed by atoms with van der Waals surface area (Å²) in [7, 11) is 1.43. The number of rotatable bonds is 3. The Kier molecular flexibility index (Phi) is 3.19. The van der Waals surface area contributed by atoms with Gasteiger partial charge in [0.05, 0.1) is 7.11 Å². The summed E-state index contributed by atoms with van der Waals surface area (Å²) < 4.78 is 4.90. The summed E-state index contributed by atoms with van der Waals surface area (Å²) in [6.45, 7) is 1.87. The maximum atomic E-state index is 9.35. The lowest BCUT2D eigenvalue weighted by Gasteiger charge is -2.10. The highest BCUT2D eigenvalue weighted by Crippen LogP contribution is 2.36. The van der Waals surface area contributed by atoms with Gasteiger partial charge in [-0.3, -0.25) is 0 Å². The fourth-order valence-electron chi connectivity index (χ4n) is 1.29. The Morgan fingerprint density at radius 1 is 1.43 bits per heavy atom. The monoisotopic (exact) mass is 197 g/mol. The first-order valence-electron chi connectivity index (χ1n) is 4.39. The summed E-state index contributed by atoms with van der Waals surface area (Å²) in [6, 6.07) is 3.16. The molecule has 1 atom stereocenters. The third kappa shape index (κ3) is 2.29. The lowest BCUT2D eigenvalue weighted by atomic mass is 10.1. The van der Waals surface area contributed by atoms with Crippen LogP contribution in [0.5, 0.6) is 17.2 Å². The van der Waals surface area contributed by atoms with Gasteiger partial charge in [0.15, 0.2) is 11.5 Å². The molecular formula is C10H15NO3. The van der Waals surface area contributed by atoms with Crippen molar-refractivity contribution in [3.63, 3.8) is 0 Å². The first-order chi connectivity index (χ1) is 6.54. The van der Waals surface area contributed by atoms with Gasteiger partial charge >= 0.3 is 0 Å². The molecule has 4 N–H and O–H groups in total. The second-order valence-electron chi connectivity index (χ2n) is 3.35. The van der Waals surface area contributed by atoms with Gasteiger partial charge in [-0.15, -0.1) is 0 Å². The van der Waals surface area contributed by atoms with E-state index in [9.17, 15) is 10.2 Å². The van der Waals surface area contributed by atoms with Crippen LogP contribution < -0.4 is 10.5 Å². The first kappa shape index (κ1) is 10.7. The molecule has 0 aliphatic rings. The van der Waals surface area contributed by atoms with E-state index in [4.69, 9.17) is 10.5 Å². The first-order valence-corrected chi connectivity index (χ1v) is 4.39. The highest BCUT2D eigenvalue weighted by atomic mass is 16.5. The third-order valence-electron chi connectivity index (χ3n) is 1.89. The molecule has 0 aromatic heterocycles. The number of phenols is 2. The van der Waals surface area contributed by atoms with Crippen molar-refractivity contribution in [1.29, 1.82) is 0 Å². The van der Waals surface area contributed by atoms with Crippen molar-refractivity contribution in [3.8, 4) is 17.2 Å². The summed E-state index contributed by atoms with van der Waals surface area (Å²) in [4.78, 5) is 0. The number of hydrogen-bond acceptors (Lipinski definition) is 4. The third-order valence-corrected chi connectivity index (χ3v) is 1.89. The molecule has 0 radical (unpaired) electrons. The SMILES string of the molecule is COc1cc(C[C@@H](C)N)cc(O)c1O. The van der Waals surface area contributed by atoms with Gasteiger partial charge in [0.25, 0.3) is 0 Å². The molecule has 0 heterocycles. The van der Waals surface area contributed by atoms with E-state index in [1.165, 1.54) is 13.2 Å². The molecule has 0 spiro atoms. The minimum atomic E-state index is -0.235. The van der Waals surface area contributed by atoms with Crippen LogP contribution in [0.25, 0.3) is 0 Å². The Morgan fingerprint density at radius 2 is 2.07 bits per heavy atom. The molecule has 0 amide bonds. The largest absolute Gasteiger partial charge is 0.504 e. The highest BCUT2D eigenvalue weighted by Gasteiger charge is 2.10. The van der Waals surface area contributed by atoms with Gasteiger partial charge in [0, 0.05) is 6.04 Å². The molecular weight excluding hydrogens is 182 g/mol. The fraction of sp³-hybridized carbons (Fsp3) is 0.400. The summed E-state index contributed by atoms with van der Waals surface area (Å²) >= 11 is 0. The van der Waals surface area contributed by atoms with E-state index in [1.54, 1.807) is 6.07 Å². The van der Waals surface area contributed by atoms with Crippen LogP contribution in [0.15, 0.2) is 12.1 Å². The molecule has 4 nitrogen and oxygen atoms in total. The van der Waals surface area contributed by atoms with E-state index in [-0.39, 0.29) is 23.3 Å². The van der Waals surface area contributed by atoms with Crippen LogP contribution >= 0.6 is 0 Å². The number of methoxy groups -OCH3 is 1. The zero-order valence-electron chi connectivity index (χ0n) is 8.32. The van der Waals surface area contributed by atoms with Crippen LogP contribution in [0.4, 0.5) is 0 Å². The van der Waals surface area contributed by atoms with Crippen molar-refractivity contribution in [1.82, 2.24) is 0 Å². The van der Waals surface area contributed by atoms with E-state index >= 15 is 0 Å². The maximum Gasteiger partial charge on any atom is 0.200 e. The molecule has 0 saturated carbocycles. The Bertz CT molecular complexity index is 323. The number of nitrogens with two attached hydrogens (primary N) is 1. The van der Waals surface area contributed by atoms with Gasteiger partial charge in [-0.1, -0.05) is 0 Å². The number of benzene rings is 1. The predicted octanol–water partition coefficient (Wildman–Crippen LogP) is 0.996. The van der Waals surface area contributed by atoms with E-state index in [0.29, 0.717) is 6.42 Å². The topological polar surface area (TPSA) is 75.7 Å². The number of ether oxygens (including phenoxy) is 1. The van der Waals surface area contributed by atoms with Gasteiger partial charge in [-0.2, -0.15) is 0 Å². The van der Waals surface area contributed by atoms with Crippen LogP contribution in [0.1, 0.15) is 12.5 Å². The van der Waals surface area contributed by atoms with Crippen molar-refractivity contribution in [2.75, 3.05) is 7.11 Å². The predicted molar refractivity (Wildman–Crippen MR) is 53.7 cm³/mol. The van der Waals surface area contributed by atoms with Crippen LogP contribution in [-0.2, 0) is 6.42 Å². The zero-order chi connectivity index (χ0) is 10.7. The molecule has 0 saturated heterocycles. The molecule has 14 heavy (non-hydrogen) atoms. The summed E-state index contributed by atoms with van der Waals surface area (Å²) in [5, 5.41) is 18.7. The van der Waals surface area contributed by atoms with Crippen LogP contribution in [0.2, 0.25) is 0 Å². The molecule has 0 fully saturated rings. The Balaban J connectivity index is 3.03. The lowest BCUT2D eigenvalue weighted by Crippen LogP contribution is -2.17. The lowest BCUT2D eigenvalue weighted by molar-refractivity contribution is 0.350. The zero-order valence-corrected chi connectivity index (χ0v) is 8.32. The smallest absolute Gasteiger partial charge is 0.200 e. The molecule has 0 aliphatic heterocycles. The van der Waals surface area contributed by atoms with E-state index in [1.807, 2.05) is 6.92 Å². The van der Waals surface area contributed by atoms with E-state index in [2.05, 4.69) is 0 Å². The quantitative estimate of drug-likeness (QED) is 0.632. The van der Waals surface area contributed by atoms with Crippen molar-refractivity contribution in [2.45, 2.75) is 19.4 Å². The Labute approximate surface area is 82.9 Å². The van der Waals surface area contributed by atoms with Gasteiger partial charge in [-0.25, -0.2) is 0 Å². The minimum Gasteiger partial charge on any atom is -0.504 e. The summed E-state index contributed by atoms with van der Waals surface area (Å²) in [6.07, 6.45) is 0.629. The van der Waals surface area contributed by atoms with Crippen LogP contribution in [-0.4, -0.2) is 23.4 Å². The molecule has 78 valence electrons. The Hall–Kier alpha value is -1.42. The standard InChI is InChI=1S/C10H15NO3/c1-6(11)3-7-4-8(12)10(13)9(5-7)14-2/h4-6,12-13H,3,11H2,1-2H3/t6-/m1/s1. The second kappa shape index (κ2) is 4.19. The van der Waals surface area contributed by atoms with Crippen molar-refractivity contribution >= 4 is 0 Å². The molecule has 1 aromatic carbocycles. The minimum absolute atomic E-state index is 0.00338. The van der Waals surface area contributed by atoms with Crippen molar-refractivity contribution in [2.24, 2.45) is 5.73 Å². The number of phenolic OH excluding ortho intramolecular Hbond substituents is 2. The second-order valence-corrected chi connectivity index (χ2v) is 3.35. The van der Waals surface area contributed by atoms with Crippen LogP contribution in [0, 0.1) is 0 Å². The average molecular weight is 197 g/mol. The van der Waals surface area contributed by atoms with Crippen LogP contribution in [0.3, 0.4) is 0 Å². The van der Waals surface area contributed by atoms with Crippen molar-refractivity contribution < 1.29 is 14.9 Å². The van der Waals surface area contributed by atoms with E-state index < -0.39 is 0 Å².